The first-order chi connectivity index (χ1) is 9.61. The van der Waals surface area contributed by atoms with E-state index in [1.165, 1.54) is 6.20 Å². The molecule has 0 aliphatic carbocycles. The minimum Gasteiger partial charge on any atom is -0.460 e. The van der Waals surface area contributed by atoms with Crippen molar-refractivity contribution in [3.63, 3.8) is 0 Å². The molecule has 2 aromatic heterocycles. The van der Waals surface area contributed by atoms with Crippen molar-refractivity contribution in [1.82, 2.24) is 14.8 Å². The van der Waals surface area contributed by atoms with Gasteiger partial charge < -0.3 is 9.47 Å². The molecule has 0 atom stereocenters. The van der Waals surface area contributed by atoms with Crippen molar-refractivity contribution in [3.8, 4) is 5.82 Å². The summed E-state index contributed by atoms with van der Waals surface area (Å²) in [4.78, 5) is 15.9. The van der Waals surface area contributed by atoms with E-state index >= 15 is 0 Å². The number of rotatable bonds is 5. The Hall–Kier alpha value is -2.21. The highest BCUT2D eigenvalue weighted by Gasteiger charge is 2.09. The number of nitrogens with zero attached hydrogens (tertiary/aromatic N) is 3. The van der Waals surface area contributed by atoms with Gasteiger partial charge in [-0.15, -0.1) is 0 Å². The van der Waals surface area contributed by atoms with Crippen LogP contribution in [-0.4, -0.2) is 41.1 Å². The van der Waals surface area contributed by atoms with Gasteiger partial charge in [0.05, 0.1) is 17.9 Å². The molecule has 0 amide bonds. The maximum absolute atomic E-state index is 11.7. The molecule has 2 aromatic rings. The van der Waals surface area contributed by atoms with Crippen LogP contribution in [0.4, 0.5) is 0 Å². The average molecular weight is 275 g/mol. The number of esters is 1. The number of hydrogen-bond donors (Lipinski definition) is 0. The Morgan fingerprint density at radius 3 is 2.65 bits per heavy atom. The fourth-order valence-corrected chi connectivity index (χ4v) is 1.79. The lowest BCUT2D eigenvalue weighted by atomic mass is 10.3. The third-order valence-electron chi connectivity index (χ3n) is 2.73. The second kappa shape index (κ2) is 6.29. The molecule has 0 saturated heterocycles. The molecule has 0 spiro atoms. The summed E-state index contributed by atoms with van der Waals surface area (Å²) in [6.45, 7) is 4.48. The summed E-state index contributed by atoms with van der Waals surface area (Å²) in [6.07, 6.45) is 1.49. The normalized spacial score (nSPS) is 10.6. The van der Waals surface area contributed by atoms with Crippen LogP contribution in [0.5, 0.6) is 0 Å². The molecule has 0 fully saturated rings. The van der Waals surface area contributed by atoms with E-state index in [-0.39, 0.29) is 6.61 Å². The molecule has 0 unspecified atom stereocenters. The molecule has 0 bridgehead atoms. The Bertz CT molecular complexity index is 590. The van der Waals surface area contributed by atoms with E-state index in [1.807, 2.05) is 19.9 Å². The van der Waals surface area contributed by atoms with Crippen LogP contribution in [0.1, 0.15) is 21.7 Å². The second-order valence-corrected chi connectivity index (χ2v) is 4.37. The van der Waals surface area contributed by atoms with Gasteiger partial charge in [-0.3, -0.25) is 0 Å². The SMILES string of the molecule is COCCOC(=O)c1ccc(-n2nc(C)cc2C)nc1. The first-order valence-corrected chi connectivity index (χ1v) is 6.27. The highest BCUT2D eigenvalue weighted by Crippen LogP contribution is 2.10. The van der Waals surface area contributed by atoms with Crippen molar-refractivity contribution in [3.05, 3.63) is 41.3 Å². The molecule has 0 aliphatic rings. The first-order valence-electron chi connectivity index (χ1n) is 6.27. The van der Waals surface area contributed by atoms with Gasteiger partial charge in [0, 0.05) is 19.0 Å². The third kappa shape index (κ3) is 3.21. The molecule has 0 saturated carbocycles. The molecule has 20 heavy (non-hydrogen) atoms. The number of hydrogen-bond acceptors (Lipinski definition) is 5. The zero-order valence-electron chi connectivity index (χ0n) is 11.8. The Morgan fingerprint density at radius 2 is 2.10 bits per heavy atom. The van der Waals surface area contributed by atoms with Gasteiger partial charge in [-0.1, -0.05) is 0 Å². The predicted molar refractivity (Wildman–Crippen MR) is 73.0 cm³/mol. The summed E-state index contributed by atoms with van der Waals surface area (Å²) in [7, 11) is 1.55. The van der Waals surface area contributed by atoms with Gasteiger partial charge in [0.1, 0.15) is 6.61 Å². The van der Waals surface area contributed by atoms with Crippen LogP contribution < -0.4 is 0 Å². The van der Waals surface area contributed by atoms with Crippen LogP contribution in [0.25, 0.3) is 5.82 Å². The second-order valence-electron chi connectivity index (χ2n) is 4.37. The van der Waals surface area contributed by atoms with E-state index in [2.05, 4.69) is 10.1 Å². The number of aromatic nitrogens is 3. The van der Waals surface area contributed by atoms with Crippen LogP contribution in [-0.2, 0) is 9.47 Å². The van der Waals surface area contributed by atoms with Crippen molar-refractivity contribution in [2.45, 2.75) is 13.8 Å². The number of methoxy groups -OCH3 is 1. The average Bonchev–Trinajstić information content (AvgIpc) is 2.78. The number of pyridine rings is 1. The fourth-order valence-electron chi connectivity index (χ4n) is 1.79. The lowest BCUT2D eigenvalue weighted by Crippen LogP contribution is -2.11. The van der Waals surface area contributed by atoms with Crippen LogP contribution in [0.2, 0.25) is 0 Å². The quantitative estimate of drug-likeness (QED) is 0.613. The number of ether oxygens (including phenoxy) is 2. The molecule has 0 aromatic carbocycles. The van der Waals surface area contributed by atoms with Crippen molar-refractivity contribution in [2.24, 2.45) is 0 Å². The van der Waals surface area contributed by atoms with Gasteiger partial charge in [-0.25, -0.2) is 14.5 Å². The lowest BCUT2D eigenvalue weighted by Gasteiger charge is -2.06. The van der Waals surface area contributed by atoms with Crippen LogP contribution in [0.3, 0.4) is 0 Å². The molecule has 2 rings (SSSR count). The summed E-state index contributed by atoms with van der Waals surface area (Å²) in [5, 5.41) is 4.34. The molecular formula is C14H17N3O3. The zero-order valence-corrected chi connectivity index (χ0v) is 11.8. The maximum Gasteiger partial charge on any atom is 0.339 e. The molecule has 2 heterocycles. The Morgan fingerprint density at radius 1 is 1.30 bits per heavy atom. The Balaban J connectivity index is 2.10. The maximum atomic E-state index is 11.7. The number of carbonyl (C=O) groups is 1. The van der Waals surface area contributed by atoms with E-state index < -0.39 is 5.97 Å². The summed E-state index contributed by atoms with van der Waals surface area (Å²) >= 11 is 0. The summed E-state index contributed by atoms with van der Waals surface area (Å²) in [5.74, 6) is 0.263. The Labute approximate surface area is 117 Å². The molecule has 6 heteroatoms. The van der Waals surface area contributed by atoms with Gasteiger partial charge in [0.15, 0.2) is 5.82 Å². The van der Waals surface area contributed by atoms with E-state index in [0.29, 0.717) is 18.0 Å². The first kappa shape index (κ1) is 14.2. The minimum absolute atomic E-state index is 0.231. The molecule has 6 nitrogen and oxygen atoms in total. The molecule has 0 N–H and O–H groups in total. The zero-order chi connectivity index (χ0) is 14.5. The largest absolute Gasteiger partial charge is 0.460 e. The topological polar surface area (TPSA) is 66.2 Å². The molecule has 106 valence electrons. The molecular weight excluding hydrogens is 258 g/mol. The van der Waals surface area contributed by atoms with Gasteiger partial charge in [0.2, 0.25) is 0 Å². The van der Waals surface area contributed by atoms with Gasteiger partial charge in [0.25, 0.3) is 0 Å². The van der Waals surface area contributed by atoms with Crippen molar-refractivity contribution in [1.29, 1.82) is 0 Å². The lowest BCUT2D eigenvalue weighted by molar-refractivity contribution is 0.0387. The third-order valence-corrected chi connectivity index (χ3v) is 2.73. The van der Waals surface area contributed by atoms with Crippen LogP contribution >= 0.6 is 0 Å². The van der Waals surface area contributed by atoms with Gasteiger partial charge in [-0.05, 0) is 32.0 Å². The smallest absolute Gasteiger partial charge is 0.339 e. The molecule has 0 radical (unpaired) electrons. The van der Waals surface area contributed by atoms with E-state index in [9.17, 15) is 4.79 Å². The fraction of sp³-hybridized carbons (Fsp3) is 0.357. The van der Waals surface area contributed by atoms with E-state index in [4.69, 9.17) is 9.47 Å². The highest BCUT2D eigenvalue weighted by atomic mass is 16.6. The minimum atomic E-state index is -0.408. The van der Waals surface area contributed by atoms with Crippen LogP contribution in [0.15, 0.2) is 24.4 Å². The van der Waals surface area contributed by atoms with Crippen molar-refractivity contribution in [2.75, 3.05) is 20.3 Å². The monoisotopic (exact) mass is 275 g/mol. The van der Waals surface area contributed by atoms with Crippen molar-refractivity contribution < 1.29 is 14.3 Å². The standard InChI is InChI=1S/C14H17N3O3/c1-10-8-11(2)17(16-10)13-5-4-12(9-15-13)14(18)20-7-6-19-3/h4-5,8-9H,6-7H2,1-3H3. The van der Waals surface area contributed by atoms with Crippen LogP contribution in [0, 0.1) is 13.8 Å². The Kier molecular flexibility index (Phi) is 4.47. The summed E-state index contributed by atoms with van der Waals surface area (Å²) in [5.41, 5.74) is 2.32. The summed E-state index contributed by atoms with van der Waals surface area (Å²) < 4.78 is 11.6. The summed E-state index contributed by atoms with van der Waals surface area (Å²) in [6, 6.07) is 5.38. The van der Waals surface area contributed by atoms with Crippen molar-refractivity contribution >= 4 is 5.97 Å². The highest BCUT2D eigenvalue weighted by molar-refractivity contribution is 5.89. The molecule has 0 aliphatic heterocycles. The predicted octanol–water partition coefficient (Wildman–Crippen LogP) is 1.69. The van der Waals surface area contributed by atoms with E-state index in [1.54, 1.807) is 23.9 Å². The van der Waals surface area contributed by atoms with Gasteiger partial charge >= 0.3 is 5.97 Å². The van der Waals surface area contributed by atoms with Gasteiger partial charge in [-0.2, -0.15) is 5.10 Å². The number of carbonyl (C=O) groups excluding carboxylic acids is 1. The van der Waals surface area contributed by atoms with E-state index in [0.717, 1.165) is 11.4 Å². The number of aryl methyl sites for hydroxylation is 2.